The Morgan fingerprint density at radius 3 is 2.48 bits per heavy atom. The molecule has 1 heterocycles. The van der Waals surface area contributed by atoms with Gasteiger partial charge in [-0.15, -0.1) is 0 Å². The summed E-state index contributed by atoms with van der Waals surface area (Å²) in [5.74, 6) is -0.774. The summed E-state index contributed by atoms with van der Waals surface area (Å²) in [5, 5.41) is 2.85. The van der Waals surface area contributed by atoms with E-state index >= 15 is 0 Å². The highest BCUT2D eigenvalue weighted by atomic mass is 16.5. The molecule has 0 aliphatic carbocycles. The Balaban J connectivity index is 1.87. The standard InChI is InChI=1S/C19H23N3O3/c1-4-15(16-8-6-5-7-9-16)11-22-18(23)14(3)25-19(24)17-12-20-13(2)10-21-17/h5-10,12,14-15H,4,11H2,1-3H3,(H,22,23)/t14-,15-/m1/s1. The van der Waals surface area contributed by atoms with Crippen LogP contribution < -0.4 is 5.32 Å². The summed E-state index contributed by atoms with van der Waals surface area (Å²) in [4.78, 5) is 32.1. The highest BCUT2D eigenvalue weighted by molar-refractivity contribution is 5.90. The van der Waals surface area contributed by atoms with E-state index in [0.717, 1.165) is 6.42 Å². The Hall–Kier alpha value is -2.76. The number of nitrogens with zero attached hydrogens (tertiary/aromatic N) is 2. The molecule has 1 amide bonds. The van der Waals surface area contributed by atoms with Crippen molar-refractivity contribution in [1.29, 1.82) is 0 Å². The van der Waals surface area contributed by atoms with Crippen LogP contribution in [-0.4, -0.2) is 34.5 Å². The molecule has 1 aromatic heterocycles. The molecule has 2 rings (SSSR count). The molecule has 2 atom stereocenters. The monoisotopic (exact) mass is 341 g/mol. The van der Waals surface area contributed by atoms with Crippen LogP contribution in [0.5, 0.6) is 0 Å². The predicted octanol–water partition coefficient (Wildman–Crippen LogP) is 2.64. The van der Waals surface area contributed by atoms with Crippen molar-refractivity contribution in [2.75, 3.05) is 6.54 Å². The van der Waals surface area contributed by atoms with Crippen molar-refractivity contribution in [1.82, 2.24) is 15.3 Å². The van der Waals surface area contributed by atoms with E-state index in [1.165, 1.54) is 18.0 Å². The van der Waals surface area contributed by atoms with E-state index in [-0.39, 0.29) is 17.5 Å². The van der Waals surface area contributed by atoms with Gasteiger partial charge in [-0.1, -0.05) is 37.3 Å². The fraction of sp³-hybridized carbons (Fsp3) is 0.368. The molecule has 0 spiro atoms. The molecule has 0 fully saturated rings. The molecule has 0 aliphatic heterocycles. The van der Waals surface area contributed by atoms with Gasteiger partial charge in [0.15, 0.2) is 11.8 Å². The molecule has 0 radical (unpaired) electrons. The number of ether oxygens (including phenoxy) is 1. The van der Waals surface area contributed by atoms with Gasteiger partial charge in [0, 0.05) is 18.7 Å². The van der Waals surface area contributed by atoms with Crippen molar-refractivity contribution in [3.8, 4) is 0 Å². The predicted molar refractivity (Wildman–Crippen MR) is 94.1 cm³/mol. The van der Waals surface area contributed by atoms with Crippen molar-refractivity contribution >= 4 is 11.9 Å². The minimum absolute atomic E-state index is 0.0842. The smallest absolute Gasteiger partial charge is 0.359 e. The van der Waals surface area contributed by atoms with E-state index < -0.39 is 12.1 Å². The van der Waals surface area contributed by atoms with Gasteiger partial charge in [0.1, 0.15) is 0 Å². The average Bonchev–Trinajstić information content (AvgIpc) is 2.63. The van der Waals surface area contributed by atoms with E-state index in [1.54, 1.807) is 13.8 Å². The maximum atomic E-state index is 12.2. The van der Waals surface area contributed by atoms with Gasteiger partial charge in [-0.2, -0.15) is 0 Å². The number of aromatic nitrogens is 2. The highest BCUT2D eigenvalue weighted by Crippen LogP contribution is 2.18. The first kappa shape index (κ1) is 18.6. The number of esters is 1. The van der Waals surface area contributed by atoms with Crippen molar-refractivity contribution in [2.24, 2.45) is 0 Å². The molecule has 1 N–H and O–H groups in total. The van der Waals surface area contributed by atoms with Crippen LogP contribution in [-0.2, 0) is 9.53 Å². The highest BCUT2D eigenvalue weighted by Gasteiger charge is 2.21. The number of nitrogens with one attached hydrogen (secondary N) is 1. The number of benzene rings is 1. The zero-order valence-electron chi connectivity index (χ0n) is 14.7. The number of amides is 1. The Kier molecular flexibility index (Phi) is 6.62. The van der Waals surface area contributed by atoms with E-state index in [1.807, 2.05) is 30.3 Å². The van der Waals surface area contributed by atoms with Crippen LogP contribution in [0.3, 0.4) is 0 Å². The lowest BCUT2D eigenvalue weighted by Gasteiger charge is -2.18. The molecule has 25 heavy (non-hydrogen) atoms. The van der Waals surface area contributed by atoms with Crippen LogP contribution in [0.25, 0.3) is 0 Å². The van der Waals surface area contributed by atoms with E-state index in [4.69, 9.17) is 4.74 Å². The van der Waals surface area contributed by atoms with Crippen molar-refractivity contribution in [3.63, 3.8) is 0 Å². The number of carbonyl (C=O) groups is 2. The molecule has 2 aromatic rings. The first-order chi connectivity index (χ1) is 12.0. The average molecular weight is 341 g/mol. The summed E-state index contributed by atoms with van der Waals surface area (Å²) in [5.41, 5.74) is 1.96. The molecule has 0 saturated carbocycles. The summed E-state index contributed by atoms with van der Waals surface area (Å²) >= 11 is 0. The lowest BCUT2D eigenvalue weighted by Crippen LogP contribution is -2.38. The lowest BCUT2D eigenvalue weighted by atomic mass is 9.96. The zero-order chi connectivity index (χ0) is 18.2. The van der Waals surface area contributed by atoms with Gasteiger partial charge in [-0.05, 0) is 25.8 Å². The fourth-order valence-electron chi connectivity index (χ4n) is 2.36. The summed E-state index contributed by atoms with van der Waals surface area (Å²) in [7, 11) is 0. The maximum Gasteiger partial charge on any atom is 0.359 e. The van der Waals surface area contributed by atoms with Crippen LogP contribution >= 0.6 is 0 Å². The van der Waals surface area contributed by atoms with Gasteiger partial charge < -0.3 is 10.1 Å². The number of carbonyl (C=O) groups excluding carboxylic acids is 2. The maximum absolute atomic E-state index is 12.2. The van der Waals surface area contributed by atoms with Gasteiger partial charge in [0.25, 0.3) is 5.91 Å². The second-order valence-corrected chi connectivity index (χ2v) is 5.85. The second kappa shape index (κ2) is 8.92. The Labute approximate surface area is 147 Å². The summed E-state index contributed by atoms with van der Waals surface area (Å²) in [6.45, 7) is 5.88. The van der Waals surface area contributed by atoms with E-state index in [9.17, 15) is 9.59 Å². The number of rotatable bonds is 7. The molecule has 6 nitrogen and oxygen atoms in total. The first-order valence-electron chi connectivity index (χ1n) is 8.33. The third-order valence-electron chi connectivity index (χ3n) is 3.93. The quantitative estimate of drug-likeness (QED) is 0.783. The minimum atomic E-state index is -0.899. The van der Waals surface area contributed by atoms with Gasteiger partial charge in [0.05, 0.1) is 11.9 Å². The summed E-state index contributed by atoms with van der Waals surface area (Å²) in [6, 6.07) is 10.0. The molecule has 0 unspecified atom stereocenters. The first-order valence-corrected chi connectivity index (χ1v) is 8.33. The molecule has 0 bridgehead atoms. The largest absolute Gasteiger partial charge is 0.448 e. The van der Waals surface area contributed by atoms with Crippen LogP contribution in [0.2, 0.25) is 0 Å². The molecule has 0 saturated heterocycles. The van der Waals surface area contributed by atoms with Gasteiger partial charge >= 0.3 is 5.97 Å². The van der Waals surface area contributed by atoms with Crippen LogP contribution in [0.1, 0.15) is 47.9 Å². The minimum Gasteiger partial charge on any atom is -0.448 e. The zero-order valence-corrected chi connectivity index (χ0v) is 14.7. The van der Waals surface area contributed by atoms with Gasteiger partial charge in [-0.3, -0.25) is 9.78 Å². The van der Waals surface area contributed by atoms with Crippen LogP contribution in [0.15, 0.2) is 42.7 Å². The summed E-state index contributed by atoms with van der Waals surface area (Å²) in [6.07, 6.45) is 2.82. The summed E-state index contributed by atoms with van der Waals surface area (Å²) < 4.78 is 5.16. The lowest BCUT2D eigenvalue weighted by molar-refractivity contribution is -0.129. The van der Waals surface area contributed by atoms with Crippen LogP contribution in [0.4, 0.5) is 0 Å². The van der Waals surface area contributed by atoms with Gasteiger partial charge in [0.2, 0.25) is 0 Å². The van der Waals surface area contributed by atoms with Crippen molar-refractivity contribution < 1.29 is 14.3 Å². The Bertz CT molecular complexity index is 702. The third kappa shape index (κ3) is 5.38. The fourth-order valence-corrected chi connectivity index (χ4v) is 2.36. The molecule has 0 aliphatic rings. The number of hydrogen-bond acceptors (Lipinski definition) is 5. The third-order valence-corrected chi connectivity index (χ3v) is 3.93. The number of aryl methyl sites for hydroxylation is 1. The molecule has 132 valence electrons. The topological polar surface area (TPSA) is 81.2 Å². The van der Waals surface area contributed by atoms with E-state index in [2.05, 4.69) is 22.2 Å². The van der Waals surface area contributed by atoms with Crippen LogP contribution in [0, 0.1) is 6.92 Å². The van der Waals surface area contributed by atoms with Crippen molar-refractivity contribution in [3.05, 3.63) is 59.7 Å². The Morgan fingerprint density at radius 2 is 1.88 bits per heavy atom. The molecule has 1 aromatic carbocycles. The van der Waals surface area contributed by atoms with E-state index in [0.29, 0.717) is 12.2 Å². The van der Waals surface area contributed by atoms with Gasteiger partial charge in [-0.25, -0.2) is 9.78 Å². The molecule has 6 heteroatoms. The second-order valence-electron chi connectivity index (χ2n) is 5.85. The normalized spacial score (nSPS) is 12.9. The number of hydrogen-bond donors (Lipinski definition) is 1. The molecular weight excluding hydrogens is 318 g/mol. The molecular formula is C19H23N3O3. The SMILES string of the molecule is CC[C@H](CNC(=O)[C@@H](C)OC(=O)c1cnc(C)cn1)c1ccccc1. The Morgan fingerprint density at radius 1 is 1.16 bits per heavy atom. The van der Waals surface area contributed by atoms with Crippen molar-refractivity contribution in [2.45, 2.75) is 39.2 Å².